The SMILES string of the molecule is CC1=C(NC=O)CC1NC(=O)COc1ccc(Cl)c(F)c1.CC1CN(CCO)c2cc(Cl)ccc2O1. The standard InChI is InChI=1S/C14H14ClFN2O3.C11H14ClNO2/c1-8-12(17-7-19)5-13(8)18-14(20)6-21-9-2-3-10(15)11(16)4-9;1-8-7-13(4-5-14)10-6-9(12)2-3-11(10)15-8/h2-4,7,13H,5-6H2,1H3,(H,17,19)(H,18,20);2-3,6,8,14H,4-5,7H2,1H3. The molecule has 4 rings (SSSR count). The number of aliphatic hydroxyl groups excluding tert-OH is 1. The molecule has 11 heteroatoms. The van der Waals surface area contributed by atoms with Gasteiger partial charge in [0.25, 0.3) is 5.91 Å². The molecule has 1 aliphatic heterocycles. The summed E-state index contributed by atoms with van der Waals surface area (Å²) in [6, 6.07) is 9.42. The molecule has 0 radical (unpaired) electrons. The van der Waals surface area contributed by atoms with Crippen LogP contribution in [0, 0.1) is 5.82 Å². The molecular weight excluding hydrogens is 512 g/mol. The average Bonchev–Trinajstić information content (AvgIpc) is 2.85. The van der Waals surface area contributed by atoms with Crippen LogP contribution < -0.4 is 25.0 Å². The van der Waals surface area contributed by atoms with E-state index < -0.39 is 5.82 Å². The number of ether oxygens (including phenoxy) is 2. The van der Waals surface area contributed by atoms with E-state index in [1.807, 2.05) is 32.0 Å². The van der Waals surface area contributed by atoms with Crippen LogP contribution in [-0.4, -0.2) is 55.9 Å². The zero-order valence-electron chi connectivity index (χ0n) is 19.9. The molecule has 2 amide bonds. The Morgan fingerprint density at radius 2 is 2.08 bits per heavy atom. The van der Waals surface area contributed by atoms with E-state index in [2.05, 4.69) is 15.5 Å². The van der Waals surface area contributed by atoms with E-state index >= 15 is 0 Å². The van der Waals surface area contributed by atoms with Crippen molar-refractivity contribution in [2.24, 2.45) is 0 Å². The van der Waals surface area contributed by atoms with Gasteiger partial charge in [0, 0.05) is 29.8 Å². The Labute approximate surface area is 219 Å². The summed E-state index contributed by atoms with van der Waals surface area (Å²) in [6.45, 7) is 5.16. The number of hydrogen-bond donors (Lipinski definition) is 3. The lowest BCUT2D eigenvalue weighted by atomic mass is 9.89. The highest BCUT2D eigenvalue weighted by molar-refractivity contribution is 6.31. The van der Waals surface area contributed by atoms with E-state index in [9.17, 15) is 14.0 Å². The summed E-state index contributed by atoms with van der Waals surface area (Å²) < 4.78 is 24.1. The summed E-state index contributed by atoms with van der Waals surface area (Å²) in [5, 5.41) is 15.0. The molecule has 2 aliphatic rings. The van der Waals surface area contributed by atoms with E-state index in [1.54, 1.807) is 0 Å². The van der Waals surface area contributed by atoms with E-state index in [0.29, 0.717) is 24.4 Å². The van der Waals surface area contributed by atoms with Crippen LogP contribution in [0.5, 0.6) is 11.5 Å². The molecule has 8 nitrogen and oxygen atoms in total. The number of β-amino-alcohol motifs (C(OH)–C–C–N with tert-alkyl or cyclic N) is 1. The molecule has 2 atom stereocenters. The number of amides is 2. The van der Waals surface area contributed by atoms with Gasteiger partial charge in [-0.3, -0.25) is 9.59 Å². The van der Waals surface area contributed by atoms with Crippen LogP contribution in [0.2, 0.25) is 10.0 Å². The van der Waals surface area contributed by atoms with Gasteiger partial charge in [0.15, 0.2) is 6.61 Å². The number of aliphatic hydroxyl groups is 1. The highest BCUT2D eigenvalue weighted by Crippen LogP contribution is 2.35. The largest absolute Gasteiger partial charge is 0.487 e. The maximum atomic E-state index is 13.2. The monoisotopic (exact) mass is 539 g/mol. The fourth-order valence-electron chi connectivity index (χ4n) is 3.78. The summed E-state index contributed by atoms with van der Waals surface area (Å²) in [5.74, 6) is 0.152. The lowest BCUT2D eigenvalue weighted by Crippen LogP contribution is -2.45. The Morgan fingerprint density at radius 1 is 1.31 bits per heavy atom. The molecule has 0 saturated heterocycles. The van der Waals surface area contributed by atoms with Crippen LogP contribution in [0.15, 0.2) is 47.7 Å². The molecule has 0 fully saturated rings. The van der Waals surface area contributed by atoms with Crippen molar-refractivity contribution in [1.82, 2.24) is 10.6 Å². The lowest BCUT2D eigenvalue weighted by molar-refractivity contribution is -0.123. The highest BCUT2D eigenvalue weighted by Gasteiger charge is 2.27. The van der Waals surface area contributed by atoms with Gasteiger partial charge in [-0.05, 0) is 49.8 Å². The first-order chi connectivity index (χ1) is 17.2. The molecule has 0 bridgehead atoms. The third-order valence-corrected chi connectivity index (χ3v) is 6.22. The molecule has 0 aromatic heterocycles. The minimum absolute atomic E-state index is 0.00256. The number of fused-ring (bicyclic) bond motifs is 1. The van der Waals surface area contributed by atoms with Crippen LogP contribution in [0.1, 0.15) is 20.3 Å². The van der Waals surface area contributed by atoms with Gasteiger partial charge in [0.05, 0.1) is 29.9 Å². The highest BCUT2D eigenvalue weighted by atomic mass is 35.5. The summed E-state index contributed by atoms with van der Waals surface area (Å²) in [6.07, 6.45) is 1.33. The number of rotatable bonds is 8. The predicted molar refractivity (Wildman–Crippen MR) is 136 cm³/mol. The summed E-state index contributed by atoms with van der Waals surface area (Å²) in [5.41, 5.74) is 2.69. The van der Waals surface area contributed by atoms with Gasteiger partial charge in [-0.1, -0.05) is 23.2 Å². The fraction of sp³-hybridized carbons (Fsp3) is 0.360. The van der Waals surface area contributed by atoms with Crippen molar-refractivity contribution in [2.45, 2.75) is 32.4 Å². The number of anilines is 1. The van der Waals surface area contributed by atoms with E-state index in [0.717, 1.165) is 35.3 Å². The second kappa shape index (κ2) is 12.8. The Hall–Kier alpha value is -3.01. The first-order valence-electron chi connectivity index (χ1n) is 11.3. The Balaban J connectivity index is 0.000000212. The number of nitrogens with zero attached hydrogens (tertiary/aromatic N) is 1. The van der Waals surface area contributed by atoms with Gasteiger partial charge >= 0.3 is 0 Å². The van der Waals surface area contributed by atoms with Gasteiger partial charge in [-0.2, -0.15) is 0 Å². The van der Waals surface area contributed by atoms with E-state index in [4.69, 9.17) is 37.8 Å². The molecule has 194 valence electrons. The predicted octanol–water partition coefficient (Wildman–Crippen LogP) is 3.69. The van der Waals surface area contributed by atoms with Gasteiger partial charge in [-0.25, -0.2) is 4.39 Å². The van der Waals surface area contributed by atoms with Crippen molar-refractivity contribution in [3.8, 4) is 11.5 Å². The number of benzene rings is 2. The summed E-state index contributed by atoms with van der Waals surface area (Å²) in [7, 11) is 0. The van der Waals surface area contributed by atoms with Crippen LogP contribution in [0.4, 0.5) is 10.1 Å². The topological polar surface area (TPSA) is 100 Å². The zero-order valence-corrected chi connectivity index (χ0v) is 21.4. The molecule has 2 aromatic carbocycles. The molecular formula is C25H28Cl2FN3O5. The first-order valence-corrected chi connectivity index (χ1v) is 12.1. The average molecular weight is 540 g/mol. The van der Waals surface area contributed by atoms with Crippen molar-refractivity contribution in [3.05, 3.63) is 63.5 Å². The van der Waals surface area contributed by atoms with Crippen LogP contribution in [-0.2, 0) is 9.59 Å². The van der Waals surface area contributed by atoms with Gasteiger partial charge in [-0.15, -0.1) is 0 Å². The maximum absolute atomic E-state index is 13.2. The van der Waals surface area contributed by atoms with Crippen LogP contribution in [0.25, 0.3) is 0 Å². The molecule has 2 aromatic rings. The number of halogens is 3. The van der Waals surface area contributed by atoms with Crippen molar-refractivity contribution in [3.63, 3.8) is 0 Å². The zero-order chi connectivity index (χ0) is 26.2. The quantitative estimate of drug-likeness (QED) is 0.442. The molecule has 0 spiro atoms. The smallest absolute Gasteiger partial charge is 0.258 e. The maximum Gasteiger partial charge on any atom is 0.258 e. The van der Waals surface area contributed by atoms with Gasteiger partial charge < -0.3 is 30.1 Å². The third-order valence-electron chi connectivity index (χ3n) is 5.67. The fourth-order valence-corrected chi connectivity index (χ4v) is 4.07. The van der Waals surface area contributed by atoms with Gasteiger partial charge in [0.2, 0.25) is 6.41 Å². The minimum Gasteiger partial charge on any atom is -0.487 e. The normalized spacial score (nSPS) is 18.1. The Morgan fingerprint density at radius 3 is 2.75 bits per heavy atom. The van der Waals surface area contributed by atoms with E-state index in [-0.39, 0.29) is 42.0 Å². The number of carbonyl (C=O) groups excluding carboxylic acids is 2. The minimum atomic E-state index is -0.600. The van der Waals surface area contributed by atoms with Gasteiger partial charge in [0.1, 0.15) is 23.4 Å². The number of carbonyl (C=O) groups is 2. The van der Waals surface area contributed by atoms with Crippen LogP contribution in [0.3, 0.4) is 0 Å². The Bertz CT molecular complexity index is 1130. The molecule has 1 heterocycles. The number of hydrogen-bond acceptors (Lipinski definition) is 6. The first kappa shape index (κ1) is 27.6. The molecule has 2 unspecified atom stereocenters. The summed E-state index contributed by atoms with van der Waals surface area (Å²) >= 11 is 11.5. The second-order valence-electron chi connectivity index (χ2n) is 8.32. The molecule has 1 aliphatic carbocycles. The van der Waals surface area contributed by atoms with Crippen molar-refractivity contribution < 1.29 is 28.6 Å². The van der Waals surface area contributed by atoms with Crippen molar-refractivity contribution in [2.75, 3.05) is 31.2 Å². The van der Waals surface area contributed by atoms with Crippen LogP contribution >= 0.6 is 23.2 Å². The van der Waals surface area contributed by atoms with Crippen molar-refractivity contribution in [1.29, 1.82) is 0 Å². The lowest BCUT2D eigenvalue weighted by Gasteiger charge is -2.34. The molecule has 36 heavy (non-hydrogen) atoms. The summed E-state index contributed by atoms with van der Waals surface area (Å²) in [4.78, 5) is 24.1. The van der Waals surface area contributed by atoms with Crippen molar-refractivity contribution >= 4 is 41.2 Å². The molecule has 0 saturated carbocycles. The van der Waals surface area contributed by atoms with E-state index in [1.165, 1.54) is 12.1 Å². The number of nitrogens with one attached hydrogen (secondary N) is 2. The second-order valence-corrected chi connectivity index (χ2v) is 9.17. The third kappa shape index (κ3) is 7.25. The Kier molecular flexibility index (Phi) is 9.81. The molecule has 3 N–H and O–H groups in total.